The van der Waals surface area contributed by atoms with E-state index in [2.05, 4.69) is 45.7 Å². The molecule has 4 rings (SSSR count). The van der Waals surface area contributed by atoms with E-state index in [1.165, 1.54) is 71.0 Å². The van der Waals surface area contributed by atoms with Gasteiger partial charge < -0.3 is 0 Å². The van der Waals surface area contributed by atoms with Gasteiger partial charge in [0.15, 0.2) is 0 Å². The first-order valence-electron chi connectivity index (χ1n) is 13.7. The number of hydrogen-bond donors (Lipinski definition) is 0. The number of nitrogens with zero attached hydrogens (tertiary/aromatic N) is 2. The molecule has 4 amide bonds. The molecule has 2 aliphatic heterocycles. The van der Waals surface area contributed by atoms with Crippen molar-refractivity contribution in [2.45, 2.75) is 90.9 Å². The zero-order valence-corrected chi connectivity index (χ0v) is 26.8. The highest BCUT2D eigenvalue weighted by Crippen LogP contribution is 2.51. The normalized spacial score (nSPS) is 14.8. The van der Waals surface area contributed by atoms with Crippen molar-refractivity contribution in [1.29, 1.82) is 0 Å². The summed E-state index contributed by atoms with van der Waals surface area (Å²) in [4.78, 5) is 57.2. The maximum absolute atomic E-state index is 13.5. The molecule has 2 aromatic heterocycles. The third-order valence-electron chi connectivity index (χ3n) is 7.24. The number of amides is 4. The molecule has 38 heavy (non-hydrogen) atoms. The van der Waals surface area contributed by atoms with Gasteiger partial charge in [-0.15, -0.1) is 22.7 Å². The van der Waals surface area contributed by atoms with Crippen molar-refractivity contribution in [3.63, 3.8) is 0 Å². The van der Waals surface area contributed by atoms with E-state index in [0.29, 0.717) is 52.7 Å². The Morgan fingerprint density at radius 1 is 0.500 bits per heavy atom. The van der Waals surface area contributed by atoms with Crippen LogP contribution in [-0.2, 0) is 0 Å². The van der Waals surface area contributed by atoms with E-state index >= 15 is 0 Å². The highest BCUT2D eigenvalue weighted by molar-refractivity contribution is 9.11. The average Bonchev–Trinajstić information content (AvgIpc) is 3.56. The largest absolute Gasteiger partial charge is 0.274 e. The van der Waals surface area contributed by atoms with Gasteiger partial charge in [0, 0.05) is 13.1 Å². The molecule has 4 heterocycles. The van der Waals surface area contributed by atoms with Gasteiger partial charge in [0.1, 0.15) is 0 Å². The van der Waals surface area contributed by atoms with E-state index in [1.807, 2.05) is 0 Å². The van der Waals surface area contributed by atoms with Crippen LogP contribution in [0.5, 0.6) is 0 Å². The Hall–Kier alpha value is -1.36. The van der Waals surface area contributed by atoms with Crippen LogP contribution >= 0.6 is 54.5 Å². The van der Waals surface area contributed by atoms with Gasteiger partial charge in [-0.2, -0.15) is 0 Å². The lowest BCUT2D eigenvalue weighted by Crippen LogP contribution is -2.31. The lowest BCUT2D eigenvalue weighted by molar-refractivity contribution is 0.0635. The zero-order valence-electron chi connectivity index (χ0n) is 22.0. The molecule has 0 N–H and O–H groups in total. The molecule has 10 heteroatoms. The molecule has 0 bridgehead atoms. The fraction of sp³-hybridized carbons (Fsp3) is 0.571. The second kappa shape index (κ2) is 13.3. The molecule has 0 atom stereocenters. The summed E-state index contributed by atoms with van der Waals surface area (Å²) in [5.74, 6) is -1.19. The van der Waals surface area contributed by atoms with Crippen molar-refractivity contribution in [2.24, 2.45) is 0 Å². The highest BCUT2D eigenvalue weighted by Gasteiger charge is 2.46. The van der Waals surface area contributed by atoms with Gasteiger partial charge >= 0.3 is 0 Å². The predicted octanol–water partition coefficient (Wildman–Crippen LogP) is 8.91. The summed E-state index contributed by atoms with van der Waals surface area (Å²) in [5, 5.41) is 0. The van der Waals surface area contributed by atoms with Gasteiger partial charge in [-0.1, -0.05) is 78.1 Å². The van der Waals surface area contributed by atoms with Crippen LogP contribution in [0.3, 0.4) is 0 Å². The van der Waals surface area contributed by atoms with Crippen molar-refractivity contribution < 1.29 is 19.2 Å². The number of imide groups is 2. The molecule has 0 aliphatic carbocycles. The molecule has 0 radical (unpaired) electrons. The summed E-state index contributed by atoms with van der Waals surface area (Å²) < 4.78 is 1.18. The number of halogens is 2. The van der Waals surface area contributed by atoms with Crippen LogP contribution in [0.25, 0.3) is 9.75 Å². The first kappa shape index (κ1) is 29.6. The Morgan fingerprint density at radius 2 is 0.816 bits per heavy atom. The van der Waals surface area contributed by atoms with E-state index in [9.17, 15) is 19.2 Å². The number of unbranched alkanes of at least 4 members (excludes halogenated alkanes) is 10. The maximum Gasteiger partial charge on any atom is 0.263 e. The monoisotopic (exact) mass is 684 g/mol. The molecule has 0 spiro atoms. The molecule has 0 unspecified atom stereocenters. The number of carbonyl (C=O) groups excluding carboxylic acids is 4. The Balaban J connectivity index is 1.53. The number of fused-ring (bicyclic) bond motifs is 2. The van der Waals surface area contributed by atoms with Crippen LogP contribution in [0.1, 0.15) is 132 Å². The van der Waals surface area contributed by atoms with E-state index in [1.54, 1.807) is 0 Å². The molecule has 0 saturated carbocycles. The number of hydrogen-bond acceptors (Lipinski definition) is 6. The number of thiophene rings is 2. The molecule has 2 aliphatic rings. The fourth-order valence-electron chi connectivity index (χ4n) is 5.15. The van der Waals surface area contributed by atoms with Gasteiger partial charge in [0.2, 0.25) is 0 Å². The Bertz CT molecular complexity index is 1140. The molecular formula is C28H34Br2N2O4S2. The van der Waals surface area contributed by atoms with Crippen LogP contribution in [-0.4, -0.2) is 46.5 Å². The standard InChI is InChI=1S/C28H34Br2N2O4S2/c1-3-5-7-9-11-13-15-31-25(33)17-19(27(31)35)23(29)37-21(17)22-18-20(24(30)38-22)28(36)32(26(18)34)16-14-12-10-8-6-4-2/h3-16H2,1-2H3. The predicted molar refractivity (Wildman–Crippen MR) is 161 cm³/mol. The van der Waals surface area contributed by atoms with Crippen LogP contribution in [0, 0.1) is 0 Å². The minimum Gasteiger partial charge on any atom is -0.274 e. The summed E-state index contributed by atoms with van der Waals surface area (Å²) >= 11 is 9.58. The first-order valence-corrected chi connectivity index (χ1v) is 16.9. The van der Waals surface area contributed by atoms with Crippen molar-refractivity contribution >= 4 is 78.2 Å². The number of rotatable bonds is 15. The summed E-state index contributed by atoms with van der Waals surface area (Å²) in [6.07, 6.45) is 12.8. The Morgan fingerprint density at radius 3 is 1.18 bits per heavy atom. The minimum atomic E-state index is -0.311. The average molecular weight is 687 g/mol. The van der Waals surface area contributed by atoms with Crippen molar-refractivity contribution in [3.8, 4) is 9.75 Å². The molecule has 0 fully saturated rings. The minimum absolute atomic E-state index is 0.285. The summed E-state index contributed by atoms with van der Waals surface area (Å²) in [6.45, 7) is 5.14. The second-order valence-electron chi connectivity index (χ2n) is 9.97. The van der Waals surface area contributed by atoms with Crippen LogP contribution in [0.4, 0.5) is 0 Å². The van der Waals surface area contributed by atoms with Gasteiger partial charge in [0.05, 0.1) is 39.6 Å². The van der Waals surface area contributed by atoms with Crippen LogP contribution in [0.2, 0.25) is 0 Å². The molecule has 6 nitrogen and oxygen atoms in total. The lowest BCUT2D eigenvalue weighted by Gasteiger charge is -2.15. The lowest BCUT2D eigenvalue weighted by atomic mass is 10.1. The van der Waals surface area contributed by atoms with Crippen molar-refractivity contribution in [1.82, 2.24) is 9.80 Å². The highest BCUT2D eigenvalue weighted by atomic mass is 79.9. The topological polar surface area (TPSA) is 74.8 Å². The SMILES string of the molecule is CCCCCCCCN1C(=O)c2c(Br)sc(-c3sc(Br)c4c3C(=O)N(CCCCCCCC)C4=O)c2C1=O. The van der Waals surface area contributed by atoms with Gasteiger partial charge in [-0.05, 0) is 44.7 Å². The van der Waals surface area contributed by atoms with Crippen LogP contribution < -0.4 is 0 Å². The Labute approximate surface area is 249 Å². The van der Waals surface area contributed by atoms with Gasteiger partial charge in [-0.3, -0.25) is 29.0 Å². The maximum atomic E-state index is 13.5. The third kappa shape index (κ3) is 5.74. The Kier molecular flexibility index (Phi) is 10.4. The van der Waals surface area contributed by atoms with Gasteiger partial charge in [-0.25, -0.2) is 0 Å². The van der Waals surface area contributed by atoms with Crippen molar-refractivity contribution in [3.05, 3.63) is 29.8 Å². The summed E-state index contributed by atoms with van der Waals surface area (Å²) in [7, 11) is 0. The van der Waals surface area contributed by atoms with E-state index in [-0.39, 0.29) is 23.6 Å². The molecule has 2 aromatic rings. The molecule has 0 saturated heterocycles. The van der Waals surface area contributed by atoms with E-state index in [4.69, 9.17) is 0 Å². The van der Waals surface area contributed by atoms with Crippen LogP contribution in [0.15, 0.2) is 7.57 Å². The van der Waals surface area contributed by atoms with E-state index in [0.717, 1.165) is 38.5 Å². The van der Waals surface area contributed by atoms with Crippen molar-refractivity contribution in [2.75, 3.05) is 13.1 Å². The number of carbonyl (C=O) groups is 4. The molecule has 0 aromatic carbocycles. The quantitative estimate of drug-likeness (QED) is 0.139. The summed E-state index contributed by atoms with van der Waals surface area (Å²) in [5.41, 5.74) is 1.45. The summed E-state index contributed by atoms with van der Waals surface area (Å²) in [6, 6.07) is 0. The van der Waals surface area contributed by atoms with E-state index < -0.39 is 0 Å². The zero-order chi connectivity index (χ0) is 27.4. The third-order valence-corrected chi connectivity index (χ3v) is 11.1. The smallest absolute Gasteiger partial charge is 0.263 e. The molecule has 206 valence electrons. The first-order chi connectivity index (χ1) is 18.3. The fourth-order valence-corrected chi connectivity index (χ4v) is 9.02. The molecular weight excluding hydrogens is 652 g/mol. The second-order valence-corrected chi connectivity index (χ2v) is 14.6. The van der Waals surface area contributed by atoms with Gasteiger partial charge in [0.25, 0.3) is 23.6 Å².